The minimum Gasteiger partial charge on any atom is -0.458 e. The first kappa shape index (κ1) is 34.5. The van der Waals surface area contributed by atoms with Crippen LogP contribution in [0.4, 0.5) is 0 Å². The molecule has 12 aromatic rings. The van der Waals surface area contributed by atoms with Crippen LogP contribution in [0, 0.1) is 6.33 Å². The van der Waals surface area contributed by atoms with Crippen LogP contribution in [0.5, 0.6) is 11.5 Å². The number of hydrogen-bond acceptors (Lipinski definition) is 2. The van der Waals surface area contributed by atoms with Crippen molar-refractivity contribution >= 4 is 32.8 Å². The summed E-state index contributed by atoms with van der Waals surface area (Å²) < 4.78 is 102. The van der Waals surface area contributed by atoms with E-state index in [1.54, 1.807) is 22.8 Å². The maximum atomic E-state index is 9.31. The summed E-state index contributed by atoms with van der Waals surface area (Å²) in [5, 5.41) is 2.12. The Hall–Kier alpha value is -8.80. The normalized spacial score (nSPS) is 14.6. The Labute approximate surface area is 440 Å². The fraction of sp³-hybridized carbons (Fsp3) is 0.118. The molecule has 0 saturated carbocycles. The van der Waals surface area contributed by atoms with E-state index in [1.165, 1.54) is 16.7 Å². The molecule has 16 rings (SSSR count). The Morgan fingerprint density at radius 3 is 1.96 bits per heavy atom. The number of hydrogen-bond donors (Lipinski definition) is 0. The van der Waals surface area contributed by atoms with Gasteiger partial charge in [-0.05, 0) is 147 Å². The van der Waals surface area contributed by atoms with E-state index in [-0.39, 0.29) is 33.4 Å². The topological polar surface area (TPSA) is 35.9 Å². The molecule has 0 saturated heterocycles. The lowest BCUT2D eigenvalue weighted by Crippen LogP contribution is -2.31. The van der Waals surface area contributed by atoms with E-state index >= 15 is 0 Å². The Morgan fingerprint density at radius 2 is 1.21 bits per heavy atom. The summed E-state index contributed by atoms with van der Waals surface area (Å²) in [6.07, 6.45) is 8.74. The molecule has 352 valence electrons. The first-order chi connectivity index (χ1) is 39.9. The summed E-state index contributed by atoms with van der Waals surface area (Å²) in [4.78, 5) is 4.87. The largest absolute Gasteiger partial charge is 0.458 e. The standard InChI is InChI=1S/C68H54N4O/c1-68(2,3)53-38-39-69-66(42-53)72-62-23-11-10-20-59(62)60-36-35-56(44-64(60)72)73-55-19-12-18-54(43-55)70-45-71(67-57(49-14-6-4-7-15-49)21-13-22-58(67)50-16-8-5-9-17-50)65-41-52(34-37-63(65)70)61-40-48-29-28-46-24-26-47(27-25-46)30-32-51(61)33-31-48/h4-27,31,33-44H,28-30,32H2,1-3H3/i4D,5D,6D,7D,8D,9D,14D,15D,16D,17D. The van der Waals surface area contributed by atoms with Crippen LogP contribution in [-0.4, -0.2) is 14.1 Å². The second kappa shape index (κ2) is 18.1. The third-order valence-corrected chi connectivity index (χ3v) is 14.1. The second-order valence-corrected chi connectivity index (χ2v) is 19.8. The van der Waals surface area contributed by atoms with Crippen molar-refractivity contribution in [3.8, 4) is 62.1 Å². The Bertz CT molecular complexity index is 4510. The molecule has 0 atom stereocenters. The summed E-state index contributed by atoms with van der Waals surface area (Å²) in [5.41, 5.74) is 11.8. The zero-order valence-corrected chi connectivity index (χ0v) is 40.6. The van der Waals surface area contributed by atoms with Crippen molar-refractivity contribution in [1.82, 2.24) is 14.1 Å². The third-order valence-electron chi connectivity index (χ3n) is 14.1. The van der Waals surface area contributed by atoms with E-state index in [4.69, 9.17) is 17.9 Å². The van der Waals surface area contributed by atoms with E-state index in [0.29, 0.717) is 28.2 Å². The maximum absolute atomic E-state index is 9.31. The number of benzene rings is 9. The van der Waals surface area contributed by atoms with Crippen LogP contribution >= 0.6 is 0 Å². The molecule has 3 aromatic heterocycles. The van der Waals surface area contributed by atoms with Crippen molar-refractivity contribution in [3.63, 3.8) is 0 Å². The Kier molecular flexibility index (Phi) is 8.56. The summed E-state index contributed by atoms with van der Waals surface area (Å²) in [5.74, 6) is 1.89. The summed E-state index contributed by atoms with van der Waals surface area (Å²) >= 11 is 0. The lowest BCUT2D eigenvalue weighted by atomic mass is 9.88. The molecule has 9 aromatic carbocycles. The summed E-state index contributed by atoms with van der Waals surface area (Å²) in [6, 6.07) is 47.4. The van der Waals surface area contributed by atoms with Gasteiger partial charge in [0.1, 0.15) is 17.3 Å². The van der Waals surface area contributed by atoms with Gasteiger partial charge in [0.05, 0.1) is 47.1 Å². The average Bonchev–Trinajstić information content (AvgIpc) is 2.20. The molecule has 0 amide bonds. The van der Waals surface area contributed by atoms with Gasteiger partial charge in [0.25, 0.3) is 6.33 Å². The van der Waals surface area contributed by atoms with Crippen LogP contribution in [0.1, 0.15) is 62.3 Å². The van der Waals surface area contributed by atoms with Gasteiger partial charge < -0.3 is 4.74 Å². The molecule has 0 unspecified atom stereocenters. The van der Waals surface area contributed by atoms with E-state index in [1.807, 2.05) is 65.4 Å². The lowest BCUT2D eigenvalue weighted by Gasteiger charge is -2.20. The van der Waals surface area contributed by atoms with Gasteiger partial charge in [0.2, 0.25) is 0 Å². The SMILES string of the molecule is [2H]c1c([2H])c([2H])c(-c2cccc(-c3c([2H])c([2H])c([2H])c([2H])c3[2H])c2-[n+]2[c-]n(-c3cccc(Oc4ccc5c6ccccc6n(-c6cc(C(C)(C)C)ccn6)c5c4)c3)c3ccc(-c4cc5ccc4CCc4ccc(cc4)CC5)cc32)c([2H])c1[2H]. The second-order valence-electron chi connectivity index (χ2n) is 19.8. The summed E-state index contributed by atoms with van der Waals surface area (Å²) in [7, 11) is 0. The molecule has 4 bridgehead atoms. The van der Waals surface area contributed by atoms with Crippen molar-refractivity contribution in [3.05, 3.63) is 258 Å². The van der Waals surface area contributed by atoms with E-state index in [0.717, 1.165) is 75.6 Å². The highest BCUT2D eigenvalue weighted by molar-refractivity contribution is 6.09. The van der Waals surface area contributed by atoms with Gasteiger partial charge in [-0.2, -0.15) is 0 Å². The predicted molar refractivity (Wildman–Crippen MR) is 299 cm³/mol. The Morgan fingerprint density at radius 1 is 0.534 bits per heavy atom. The Balaban J connectivity index is 1.03. The van der Waals surface area contributed by atoms with Crippen LogP contribution in [0.15, 0.2) is 224 Å². The van der Waals surface area contributed by atoms with Crippen LogP contribution < -0.4 is 9.30 Å². The van der Waals surface area contributed by atoms with Gasteiger partial charge in [0.15, 0.2) is 0 Å². The molecule has 5 nitrogen and oxygen atoms in total. The first-order valence-electron chi connectivity index (χ1n) is 29.7. The lowest BCUT2D eigenvalue weighted by molar-refractivity contribution is -0.571. The highest BCUT2D eigenvalue weighted by Crippen LogP contribution is 2.39. The zero-order valence-electron chi connectivity index (χ0n) is 50.6. The number of ether oxygens (including phenoxy) is 1. The fourth-order valence-electron chi connectivity index (χ4n) is 10.4. The van der Waals surface area contributed by atoms with Gasteiger partial charge in [-0.1, -0.05) is 178 Å². The highest BCUT2D eigenvalue weighted by Gasteiger charge is 2.23. The number of rotatable bonds is 8. The van der Waals surface area contributed by atoms with E-state index in [9.17, 15) is 5.48 Å². The molecule has 4 aliphatic rings. The first-order valence-corrected chi connectivity index (χ1v) is 24.7. The van der Waals surface area contributed by atoms with Crippen molar-refractivity contribution in [2.24, 2.45) is 0 Å². The molecule has 0 radical (unpaired) electrons. The van der Waals surface area contributed by atoms with E-state index < -0.39 is 60.4 Å². The zero-order chi connectivity index (χ0) is 57.7. The van der Waals surface area contributed by atoms with Crippen LogP contribution in [0.25, 0.3) is 83.4 Å². The number of pyridine rings is 1. The number of para-hydroxylation sites is 2. The third kappa shape index (κ3) is 8.27. The average molecular weight is 953 g/mol. The van der Waals surface area contributed by atoms with E-state index in [2.05, 4.69) is 117 Å². The van der Waals surface area contributed by atoms with Gasteiger partial charge >= 0.3 is 0 Å². The number of aryl methyl sites for hydroxylation is 4. The monoisotopic (exact) mass is 952 g/mol. The van der Waals surface area contributed by atoms with Crippen molar-refractivity contribution in [2.75, 3.05) is 0 Å². The quantitative estimate of drug-likeness (QED) is 0.112. The highest BCUT2D eigenvalue weighted by atomic mass is 16.5. The number of aromatic nitrogens is 4. The minimum absolute atomic E-state index is 0.103. The molecule has 5 heteroatoms. The van der Waals surface area contributed by atoms with Crippen molar-refractivity contribution in [2.45, 2.75) is 51.9 Å². The smallest absolute Gasteiger partial charge is 0.269 e. The van der Waals surface area contributed by atoms with Crippen LogP contribution in [-0.2, 0) is 31.1 Å². The molecule has 73 heavy (non-hydrogen) atoms. The minimum atomic E-state index is -0.569. The predicted octanol–water partition coefficient (Wildman–Crippen LogP) is 16.2. The number of nitrogens with zero attached hydrogens (tertiary/aromatic N) is 4. The molecule has 0 fully saturated rings. The molecular formula is C68H54N4O. The van der Waals surface area contributed by atoms with Crippen LogP contribution in [0.2, 0.25) is 0 Å². The molecule has 0 aliphatic heterocycles. The van der Waals surface area contributed by atoms with Crippen molar-refractivity contribution in [1.29, 1.82) is 0 Å². The van der Waals surface area contributed by atoms with Gasteiger partial charge in [-0.3, -0.25) is 13.7 Å². The summed E-state index contributed by atoms with van der Waals surface area (Å²) in [6.45, 7) is 6.56. The maximum Gasteiger partial charge on any atom is 0.269 e. The van der Waals surface area contributed by atoms with Gasteiger partial charge in [0, 0.05) is 23.0 Å². The number of fused-ring (bicyclic) bond motifs is 4. The fourth-order valence-corrected chi connectivity index (χ4v) is 10.4. The molecule has 0 spiro atoms. The molecule has 3 heterocycles. The van der Waals surface area contributed by atoms with Gasteiger partial charge in [-0.15, -0.1) is 0 Å². The molecular weight excluding hydrogens is 889 g/mol. The molecule has 4 aliphatic carbocycles. The van der Waals surface area contributed by atoms with Gasteiger partial charge in [-0.25, -0.2) is 4.98 Å². The van der Waals surface area contributed by atoms with Crippen LogP contribution in [0.3, 0.4) is 0 Å². The molecule has 0 N–H and O–H groups in total. The van der Waals surface area contributed by atoms with Crippen molar-refractivity contribution < 1.29 is 23.0 Å². The number of imidazole rings is 1.